The Hall–Kier alpha value is -2.13. The molecule has 0 aliphatic carbocycles. The van der Waals surface area contributed by atoms with Crippen LogP contribution in [0.3, 0.4) is 0 Å². The second kappa shape index (κ2) is 8.26. The topological polar surface area (TPSA) is 48.5 Å². The summed E-state index contributed by atoms with van der Waals surface area (Å²) in [6, 6.07) is 7.69. The summed E-state index contributed by atoms with van der Waals surface area (Å²) in [7, 11) is 0. The van der Waals surface area contributed by atoms with Gasteiger partial charge in [0.15, 0.2) is 5.13 Å². The molecule has 1 amide bonds. The number of carbonyl (C=O) groups excluding carboxylic acids is 1. The molecule has 146 valence electrons. The SMILES string of the molecule is CCc1ccccc1NC(=O)CN1CCN(c2ncc(C(F)(F)F)s2)CC1. The summed E-state index contributed by atoms with van der Waals surface area (Å²) in [4.78, 5) is 19.4. The molecule has 3 rings (SSSR count). The van der Waals surface area contributed by atoms with Crippen molar-refractivity contribution in [1.29, 1.82) is 0 Å². The highest BCUT2D eigenvalue weighted by molar-refractivity contribution is 7.15. The standard InChI is InChI=1S/C18H21F3N4OS/c1-2-13-5-3-4-6-14(13)23-16(26)12-24-7-9-25(10-8-24)17-22-11-15(27-17)18(19,20)21/h3-6,11H,2,7-10,12H2,1H3,(H,23,26). The number of alkyl halides is 3. The van der Waals surface area contributed by atoms with Crippen LogP contribution in [-0.4, -0.2) is 48.5 Å². The van der Waals surface area contributed by atoms with Gasteiger partial charge in [-0.2, -0.15) is 13.2 Å². The van der Waals surface area contributed by atoms with E-state index in [-0.39, 0.29) is 12.5 Å². The number of nitrogens with zero attached hydrogens (tertiary/aromatic N) is 3. The number of thiazole rings is 1. The summed E-state index contributed by atoms with van der Waals surface area (Å²) in [5.41, 5.74) is 1.91. The second-order valence-corrected chi connectivity index (χ2v) is 7.34. The Morgan fingerprint density at radius 3 is 2.56 bits per heavy atom. The number of hydrogen-bond donors (Lipinski definition) is 1. The molecule has 2 aromatic rings. The van der Waals surface area contributed by atoms with Crippen LogP contribution in [0.5, 0.6) is 0 Å². The van der Waals surface area contributed by atoms with Gasteiger partial charge in [-0.1, -0.05) is 36.5 Å². The fraction of sp³-hybridized carbons (Fsp3) is 0.444. The van der Waals surface area contributed by atoms with E-state index < -0.39 is 11.1 Å². The van der Waals surface area contributed by atoms with Gasteiger partial charge in [-0.05, 0) is 18.1 Å². The summed E-state index contributed by atoms with van der Waals surface area (Å²) >= 11 is 0.659. The minimum atomic E-state index is -4.36. The van der Waals surface area contributed by atoms with Crippen molar-refractivity contribution < 1.29 is 18.0 Å². The summed E-state index contributed by atoms with van der Waals surface area (Å²) < 4.78 is 38.1. The third kappa shape index (κ3) is 4.98. The first-order chi connectivity index (χ1) is 12.9. The number of amides is 1. The number of piperazine rings is 1. The first kappa shape index (κ1) is 19.6. The molecule has 0 bridgehead atoms. The van der Waals surface area contributed by atoms with Crippen LogP contribution in [0.2, 0.25) is 0 Å². The molecule has 1 saturated heterocycles. The number of carbonyl (C=O) groups is 1. The van der Waals surface area contributed by atoms with Crippen molar-refractivity contribution in [3.8, 4) is 0 Å². The minimum Gasteiger partial charge on any atom is -0.346 e. The Morgan fingerprint density at radius 2 is 1.93 bits per heavy atom. The second-order valence-electron chi connectivity index (χ2n) is 6.33. The van der Waals surface area contributed by atoms with E-state index in [1.54, 1.807) is 0 Å². The molecule has 1 aromatic heterocycles. The van der Waals surface area contributed by atoms with E-state index in [0.29, 0.717) is 42.6 Å². The first-order valence-electron chi connectivity index (χ1n) is 8.75. The predicted octanol–water partition coefficient (Wildman–Crippen LogP) is 3.49. The molecule has 5 nitrogen and oxygen atoms in total. The number of halogens is 3. The molecule has 0 saturated carbocycles. The number of aromatic nitrogens is 1. The molecular weight excluding hydrogens is 377 g/mol. The van der Waals surface area contributed by atoms with Crippen LogP contribution in [0.25, 0.3) is 0 Å². The van der Waals surface area contributed by atoms with Gasteiger partial charge in [0.05, 0.1) is 12.7 Å². The average Bonchev–Trinajstić information content (AvgIpc) is 3.13. The van der Waals surface area contributed by atoms with E-state index in [1.807, 2.05) is 41.0 Å². The Morgan fingerprint density at radius 1 is 1.22 bits per heavy atom. The maximum Gasteiger partial charge on any atom is 0.427 e. The van der Waals surface area contributed by atoms with Crippen molar-refractivity contribution in [2.24, 2.45) is 0 Å². The van der Waals surface area contributed by atoms with Crippen molar-refractivity contribution in [2.75, 3.05) is 42.9 Å². The van der Waals surface area contributed by atoms with Gasteiger partial charge in [0, 0.05) is 31.9 Å². The normalized spacial score (nSPS) is 15.8. The smallest absolute Gasteiger partial charge is 0.346 e. The van der Waals surface area contributed by atoms with Gasteiger partial charge in [0.2, 0.25) is 5.91 Å². The largest absolute Gasteiger partial charge is 0.427 e. The summed E-state index contributed by atoms with van der Waals surface area (Å²) in [5.74, 6) is -0.0852. The Kier molecular flexibility index (Phi) is 6.01. The lowest BCUT2D eigenvalue weighted by molar-refractivity contribution is -0.134. The van der Waals surface area contributed by atoms with Crippen LogP contribution < -0.4 is 10.2 Å². The molecule has 0 atom stereocenters. The lowest BCUT2D eigenvalue weighted by Gasteiger charge is -2.34. The third-order valence-electron chi connectivity index (χ3n) is 4.46. The molecule has 1 fully saturated rings. The maximum absolute atomic E-state index is 12.7. The quantitative estimate of drug-likeness (QED) is 0.838. The Labute approximate surface area is 159 Å². The molecule has 1 aliphatic rings. The average molecular weight is 398 g/mol. The van der Waals surface area contributed by atoms with Crippen molar-refractivity contribution in [3.05, 3.63) is 40.9 Å². The van der Waals surface area contributed by atoms with E-state index in [1.165, 1.54) is 0 Å². The predicted molar refractivity (Wildman–Crippen MR) is 100 cm³/mol. The fourth-order valence-electron chi connectivity index (χ4n) is 2.98. The number of benzene rings is 1. The highest BCUT2D eigenvalue weighted by atomic mass is 32.1. The van der Waals surface area contributed by atoms with E-state index >= 15 is 0 Å². The van der Waals surface area contributed by atoms with Crippen molar-refractivity contribution in [2.45, 2.75) is 19.5 Å². The molecule has 27 heavy (non-hydrogen) atoms. The first-order valence-corrected chi connectivity index (χ1v) is 9.56. The Balaban J connectivity index is 1.50. The van der Waals surface area contributed by atoms with Crippen LogP contribution in [0.4, 0.5) is 24.0 Å². The number of para-hydroxylation sites is 1. The van der Waals surface area contributed by atoms with Crippen molar-refractivity contribution in [3.63, 3.8) is 0 Å². The van der Waals surface area contributed by atoms with Crippen LogP contribution >= 0.6 is 11.3 Å². The monoisotopic (exact) mass is 398 g/mol. The number of nitrogens with one attached hydrogen (secondary N) is 1. The van der Waals surface area contributed by atoms with E-state index in [2.05, 4.69) is 10.3 Å². The van der Waals surface area contributed by atoms with Crippen molar-refractivity contribution >= 4 is 28.1 Å². The van der Waals surface area contributed by atoms with Gasteiger partial charge in [-0.15, -0.1) is 0 Å². The minimum absolute atomic E-state index is 0.0852. The van der Waals surface area contributed by atoms with Crippen LogP contribution in [0.15, 0.2) is 30.5 Å². The number of rotatable bonds is 5. The fourth-order valence-corrected chi connectivity index (χ4v) is 3.82. The molecule has 0 spiro atoms. The molecular formula is C18H21F3N4OS. The summed E-state index contributed by atoms with van der Waals surface area (Å²) in [5, 5.41) is 3.32. The third-order valence-corrected chi connectivity index (χ3v) is 5.56. The molecule has 0 radical (unpaired) electrons. The number of anilines is 2. The van der Waals surface area contributed by atoms with Crippen molar-refractivity contribution in [1.82, 2.24) is 9.88 Å². The van der Waals surface area contributed by atoms with Gasteiger partial charge in [0.1, 0.15) is 4.88 Å². The van der Waals surface area contributed by atoms with E-state index in [0.717, 1.165) is 23.9 Å². The zero-order chi connectivity index (χ0) is 19.4. The molecule has 1 aromatic carbocycles. The van der Waals surface area contributed by atoms with Gasteiger partial charge >= 0.3 is 6.18 Å². The van der Waals surface area contributed by atoms with Gasteiger partial charge in [-0.25, -0.2) is 4.98 Å². The molecule has 9 heteroatoms. The highest BCUT2D eigenvalue weighted by Gasteiger charge is 2.34. The lowest BCUT2D eigenvalue weighted by atomic mass is 10.1. The van der Waals surface area contributed by atoms with E-state index in [4.69, 9.17) is 0 Å². The van der Waals surface area contributed by atoms with Crippen LogP contribution in [0.1, 0.15) is 17.4 Å². The van der Waals surface area contributed by atoms with Gasteiger partial charge < -0.3 is 10.2 Å². The highest BCUT2D eigenvalue weighted by Crippen LogP contribution is 2.36. The molecule has 1 aliphatic heterocycles. The maximum atomic E-state index is 12.7. The molecule has 2 heterocycles. The Bertz CT molecular complexity index is 785. The zero-order valence-electron chi connectivity index (χ0n) is 14.9. The number of aryl methyl sites for hydroxylation is 1. The zero-order valence-corrected chi connectivity index (χ0v) is 15.7. The number of hydrogen-bond acceptors (Lipinski definition) is 5. The van der Waals surface area contributed by atoms with E-state index in [9.17, 15) is 18.0 Å². The summed E-state index contributed by atoms with van der Waals surface area (Å²) in [6.07, 6.45) is -2.64. The molecule has 1 N–H and O–H groups in total. The van der Waals surface area contributed by atoms with Crippen LogP contribution in [0, 0.1) is 0 Å². The van der Waals surface area contributed by atoms with Crippen LogP contribution in [-0.2, 0) is 17.4 Å². The lowest BCUT2D eigenvalue weighted by Crippen LogP contribution is -2.48. The van der Waals surface area contributed by atoms with Gasteiger partial charge in [-0.3, -0.25) is 9.69 Å². The summed E-state index contributed by atoms with van der Waals surface area (Å²) in [6.45, 7) is 4.59. The molecule has 0 unspecified atom stereocenters. The van der Waals surface area contributed by atoms with Gasteiger partial charge in [0.25, 0.3) is 0 Å².